The third-order valence-corrected chi connectivity index (χ3v) is 1.99. The van der Waals surface area contributed by atoms with Crippen LogP contribution in [0.3, 0.4) is 0 Å². The molecule has 0 aliphatic carbocycles. The summed E-state index contributed by atoms with van der Waals surface area (Å²) in [4.78, 5) is 0. The minimum Gasteiger partial charge on any atom is -0.0885 e. The predicted molar refractivity (Wildman–Crippen MR) is 57.1 cm³/mol. The normalized spacial score (nSPS) is 11.2. The van der Waals surface area contributed by atoms with E-state index < -0.39 is 0 Å². The van der Waals surface area contributed by atoms with Crippen LogP contribution in [0.2, 0.25) is 0 Å². The molecule has 0 bridgehead atoms. The van der Waals surface area contributed by atoms with Crippen LogP contribution in [0.1, 0.15) is 58.3 Å². The highest BCUT2D eigenvalue weighted by molar-refractivity contribution is 4.80. The summed E-state index contributed by atoms with van der Waals surface area (Å²) in [6.07, 6.45) is 14.9. The van der Waals surface area contributed by atoms with E-state index in [9.17, 15) is 0 Å². The van der Waals surface area contributed by atoms with Crippen LogP contribution < -0.4 is 0 Å². The third kappa shape index (κ3) is 9.74. The maximum Gasteiger partial charge on any atom is -0.0351 e. The van der Waals surface area contributed by atoms with E-state index in [1.165, 1.54) is 44.9 Å². The van der Waals surface area contributed by atoms with Crippen molar-refractivity contribution < 1.29 is 0 Å². The van der Waals surface area contributed by atoms with Crippen molar-refractivity contribution in [3.05, 3.63) is 19.1 Å². The monoisotopic (exact) mass is 167 g/mol. The SMILES string of the molecule is [CH2]CCCCCC/C=C/CCC. The van der Waals surface area contributed by atoms with Crippen molar-refractivity contribution in [3.8, 4) is 0 Å². The zero-order valence-corrected chi connectivity index (χ0v) is 8.52. The summed E-state index contributed by atoms with van der Waals surface area (Å²) in [5.74, 6) is 0. The Balaban J connectivity index is 2.90. The average molecular weight is 167 g/mol. The van der Waals surface area contributed by atoms with Crippen LogP contribution in [0.4, 0.5) is 0 Å². The molecule has 0 heteroatoms. The van der Waals surface area contributed by atoms with Crippen molar-refractivity contribution in [1.82, 2.24) is 0 Å². The van der Waals surface area contributed by atoms with Crippen LogP contribution >= 0.6 is 0 Å². The smallest absolute Gasteiger partial charge is 0.0351 e. The van der Waals surface area contributed by atoms with Gasteiger partial charge in [0.2, 0.25) is 0 Å². The number of allylic oxidation sites excluding steroid dienone is 2. The Kier molecular flexibility index (Phi) is 10.5. The molecule has 12 heavy (non-hydrogen) atoms. The fourth-order valence-corrected chi connectivity index (χ4v) is 1.19. The van der Waals surface area contributed by atoms with E-state index in [1.807, 2.05) is 0 Å². The van der Waals surface area contributed by atoms with Gasteiger partial charge in [-0.05, 0) is 19.3 Å². The van der Waals surface area contributed by atoms with E-state index in [2.05, 4.69) is 26.0 Å². The van der Waals surface area contributed by atoms with E-state index in [4.69, 9.17) is 0 Å². The first-order valence-corrected chi connectivity index (χ1v) is 5.36. The highest BCUT2D eigenvalue weighted by Crippen LogP contribution is 2.05. The highest BCUT2D eigenvalue weighted by Gasteiger charge is 1.85. The second-order valence-corrected chi connectivity index (χ2v) is 3.32. The second-order valence-electron chi connectivity index (χ2n) is 3.32. The van der Waals surface area contributed by atoms with Crippen LogP contribution in [-0.4, -0.2) is 0 Å². The van der Waals surface area contributed by atoms with Gasteiger partial charge in [0, 0.05) is 0 Å². The molecule has 0 aromatic rings. The molecule has 0 amide bonds. The Morgan fingerprint density at radius 1 is 0.917 bits per heavy atom. The van der Waals surface area contributed by atoms with Crippen molar-refractivity contribution >= 4 is 0 Å². The first-order chi connectivity index (χ1) is 5.91. The van der Waals surface area contributed by atoms with Gasteiger partial charge < -0.3 is 0 Å². The number of hydrogen-bond donors (Lipinski definition) is 0. The molecule has 0 aliphatic rings. The molecule has 0 nitrogen and oxygen atoms in total. The first kappa shape index (κ1) is 11.7. The van der Waals surface area contributed by atoms with Gasteiger partial charge in [0.15, 0.2) is 0 Å². The van der Waals surface area contributed by atoms with E-state index in [-0.39, 0.29) is 0 Å². The Hall–Kier alpha value is -0.260. The highest BCUT2D eigenvalue weighted by atomic mass is 13.9. The van der Waals surface area contributed by atoms with Gasteiger partial charge in [-0.1, -0.05) is 58.1 Å². The summed E-state index contributed by atoms with van der Waals surface area (Å²) < 4.78 is 0. The zero-order chi connectivity index (χ0) is 9.07. The standard InChI is InChI=1S/C12H23/c1-3-5-7-9-11-12-10-8-6-4-2/h8,10H,1,3-7,9,11-12H2,2H3/b10-8+. The number of hydrogen-bond acceptors (Lipinski definition) is 0. The molecule has 0 aliphatic heterocycles. The van der Waals surface area contributed by atoms with Gasteiger partial charge in [0.1, 0.15) is 0 Å². The molecule has 1 radical (unpaired) electrons. The zero-order valence-electron chi connectivity index (χ0n) is 8.52. The quantitative estimate of drug-likeness (QED) is 0.368. The maximum atomic E-state index is 3.83. The van der Waals surface area contributed by atoms with Gasteiger partial charge in [0.25, 0.3) is 0 Å². The van der Waals surface area contributed by atoms with E-state index in [1.54, 1.807) is 0 Å². The minimum absolute atomic E-state index is 1.10. The van der Waals surface area contributed by atoms with Crippen LogP contribution in [0.25, 0.3) is 0 Å². The van der Waals surface area contributed by atoms with Gasteiger partial charge in [-0.3, -0.25) is 0 Å². The van der Waals surface area contributed by atoms with Crippen molar-refractivity contribution in [2.45, 2.75) is 58.3 Å². The lowest BCUT2D eigenvalue weighted by Crippen LogP contribution is -1.75. The molecule has 0 N–H and O–H groups in total. The van der Waals surface area contributed by atoms with Crippen LogP contribution in [0.15, 0.2) is 12.2 Å². The van der Waals surface area contributed by atoms with Gasteiger partial charge >= 0.3 is 0 Å². The first-order valence-electron chi connectivity index (χ1n) is 5.36. The molecule has 0 aromatic carbocycles. The lowest BCUT2D eigenvalue weighted by Gasteiger charge is -1.95. The van der Waals surface area contributed by atoms with E-state index in [0.29, 0.717) is 0 Å². The van der Waals surface area contributed by atoms with E-state index in [0.717, 1.165) is 6.42 Å². The van der Waals surface area contributed by atoms with Crippen LogP contribution in [0, 0.1) is 6.92 Å². The van der Waals surface area contributed by atoms with Gasteiger partial charge in [-0.2, -0.15) is 0 Å². The molecule has 0 atom stereocenters. The predicted octanol–water partition coefficient (Wildman–Crippen LogP) is 4.52. The molecule has 0 heterocycles. The molecule has 0 rings (SSSR count). The molecule has 0 saturated carbocycles. The Bertz CT molecular complexity index is 92.2. The van der Waals surface area contributed by atoms with Crippen molar-refractivity contribution in [3.63, 3.8) is 0 Å². The summed E-state index contributed by atoms with van der Waals surface area (Å²) in [6.45, 7) is 6.05. The molecule has 0 spiro atoms. The topological polar surface area (TPSA) is 0 Å². The summed E-state index contributed by atoms with van der Waals surface area (Å²) in [5, 5.41) is 0. The van der Waals surface area contributed by atoms with E-state index >= 15 is 0 Å². The number of unbranched alkanes of at least 4 members (excludes halogenated alkanes) is 6. The van der Waals surface area contributed by atoms with Crippen LogP contribution in [0.5, 0.6) is 0 Å². The molecule has 71 valence electrons. The summed E-state index contributed by atoms with van der Waals surface area (Å²) >= 11 is 0. The average Bonchev–Trinajstić information content (AvgIpc) is 2.10. The lowest BCUT2D eigenvalue weighted by atomic mass is 10.1. The molecular weight excluding hydrogens is 144 g/mol. The fourth-order valence-electron chi connectivity index (χ4n) is 1.19. The van der Waals surface area contributed by atoms with Gasteiger partial charge in [-0.15, -0.1) is 0 Å². The fraction of sp³-hybridized carbons (Fsp3) is 0.750. The molecule has 0 aromatic heterocycles. The Morgan fingerprint density at radius 3 is 2.25 bits per heavy atom. The summed E-state index contributed by atoms with van der Waals surface area (Å²) in [6, 6.07) is 0. The number of rotatable bonds is 8. The molecule has 0 fully saturated rings. The molecule has 0 unspecified atom stereocenters. The third-order valence-electron chi connectivity index (χ3n) is 1.99. The Morgan fingerprint density at radius 2 is 1.58 bits per heavy atom. The van der Waals surface area contributed by atoms with Crippen molar-refractivity contribution in [2.24, 2.45) is 0 Å². The maximum absolute atomic E-state index is 3.83. The largest absolute Gasteiger partial charge is 0.0885 e. The molecule has 0 saturated heterocycles. The molecular formula is C12H23. The Labute approximate surface area is 78.1 Å². The van der Waals surface area contributed by atoms with Crippen LogP contribution in [-0.2, 0) is 0 Å². The van der Waals surface area contributed by atoms with Gasteiger partial charge in [0.05, 0.1) is 0 Å². The summed E-state index contributed by atoms with van der Waals surface area (Å²) in [7, 11) is 0. The van der Waals surface area contributed by atoms with Gasteiger partial charge in [-0.25, -0.2) is 0 Å². The van der Waals surface area contributed by atoms with Crippen molar-refractivity contribution in [2.75, 3.05) is 0 Å². The van der Waals surface area contributed by atoms with Crippen molar-refractivity contribution in [1.29, 1.82) is 0 Å². The summed E-state index contributed by atoms with van der Waals surface area (Å²) in [5.41, 5.74) is 0. The minimum atomic E-state index is 1.10. The second kappa shape index (κ2) is 10.7. The lowest BCUT2D eigenvalue weighted by molar-refractivity contribution is 0.651.